The minimum atomic E-state index is -4.60. The lowest BCUT2D eigenvalue weighted by Crippen LogP contribution is -2.39. The Bertz CT molecular complexity index is 964. The van der Waals surface area contributed by atoms with Crippen molar-refractivity contribution in [3.63, 3.8) is 0 Å². The van der Waals surface area contributed by atoms with E-state index in [0.29, 0.717) is 11.1 Å². The van der Waals surface area contributed by atoms with E-state index < -0.39 is 29.9 Å². The molecule has 0 spiro atoms. The van der Waals surface area contributed by atoms with Crippen molar-refractivity contribution in [3.8, 4) is 5.75 Å². The molecule has 0 saturated carbocycles. The van der Waals surface area contributed by atoms with Gasteiger partial charge in [0.15, 0.2) is 5.75 Å². The molecule has 3 rings (SSSR count). The van der Waals surface area contributed by atoms with Gasteiger partial charge in [0.25, 0.3) is 11.5 Å². The summed E-state index contributed by atoms with van der Waals surface area (Å²) in [6.45, 7) is 2.58. The third kappa shape index (κ3) is 5.34. The van der Waals surface area contributed by atoms with Gasteiger partial charge in [-0.05, 0) is 49.4 Å². The fourth-order valence-corrected chi connectivity index (χ4v) is 3.62. The van der Waals surface area contributed by atoms with E-state index in [-0.39, 0.29) is 11.5 Å². The second-order valence-corrected chi connectivity index (χ2v) is 7.61. The maximum atomic E-state index is 12.5. The Balaban J connectivity index is 1.55. The number of aromatic nitrogens is 1. The predicted molar refractivity (Wildman–Crippen MR) is 107 cm³/mol. The highest BCUT2D eigenvalue weighted by molar-refractivity contribution is 5.96. The fraction of sp³-hybridized carbons (Fsp3) is 0.429. The van der Waals surface area contributed by atoms with E-state index in [2.05, 4.69) is 22.3 Å². The van der Waals surface area contributed by atoms with Crippen LogP contribution in [0.4, 0.5) is 18.9 Å². The van der Waals surface area contributed by atoms with Gasteiger partial charge >= 0.3 is 6.18 Å². The molecule has 2 heterocycles. The van der Waals surface area contributed by atoms with Gasteiger partial charge in [-0.15, -0.1) is 0 Å². The van der Waals surface area contributed by atoms with Gasteiger partial charge in [-0.2, -0.15) is 13.2 Å². The molecule has 0 aliphatic carbocycles. The largest absolute Gasteiger partial charge is 0.502 e. The number of hydrogen-bond acceptors (Lipinski definition) is 4. The first kappa shape index (κ1) is 21.7. The smallest absolute Gasteiger partial charge is 0.406 e. The highest BCUT2D eigenvalue weighted by Gasteiger charge is 2.29. The van der Waals surface area contributed by atoms with Crippen LogP contribution in [0.2, 0.25) is 0 Å². The van der Waals surface area contributed by atoms with Crippen LogP contribution in [-0.4, -0.2) is 41.4 Å². The number of halogens is 3. The van der Waals surface area contributed by atoms with Crippen molar-refractivity contribution in [1.82, 2.24) is 9.88 Å². The molecule has 0 radical (unpaired) electrons. The van der Waals surface area contributed by atoms with Gasteiger partial charge in [0.1, 0.15) is 6.54 Å². The average molecular weight is 423 g/mol. The molecule has 1 saturated heterocycles. The van der Waals surface area contributed by atoms with Crippen molar-refractivity contribution in [2.45, 2.75) is 32.5 Å². The second kappa shape index (κ2) is 8.81. The van der Waals surface area contributed by atoms with Crippen LogP contribution in [0, 0.1) is 12.8 Å². The molecule has 0 atom stereocenters. The van der Waals surface area contributed by atoms with Gasteiger partial charge in [-0.1, -0.05) is 12.1 Å². The molecule has 162 valence electrons. The summed E-state index contributed by atoms with van der Waals surface area (Å²) in [6, 6.07) is 9.29. The number of pyridine rings is 1. The normalized spacial score (nSPS) is 15.3. The van der Waals surface area contributed by atoms with Crippen molar-refractivity contribution < 1.29 is 23.1 Å². The molecule has 2 N–H and O–H groups in total. The second-order valence-electron chi connectivity index (χ2n) is 7.61. The van der Waals surface area contributed by atoms with E-state index in [4.69, 9.17) is 0 Å². The number of benzene rings is 1. The standard InChI is InChI=1S/C21H24F3N3O3/c1-14-3-2-4-16(11-14)26-8-5-15(6-9-26)12-25-19(29)17-7-10-27(13-21(22,23)24)20(30)18(17)28/h2-4,7,10-11,15,28H,5-6,8-9,12-13H2,1H3,(H,25,29). The van der Waals surface area contributed by atoms with Crippen molar-refractivity contribution in [3.05, 3.63) is 58.0 Å². The number of anilines is 1. The fourth-order valence-electron chi connectivity index (χ4n) is 3.62. The number of hydrogen-bond donors (Lipinski definition) is 2. The lowest BCUT2D eigenvalue weighted by Gasteiger charge is -2.33. The zero-order valence-electron chi connectivity index (χ0n) is 16.6. The molecule has 30 heavy (non-hydrogen) atoms. The predicted octanol–water partition coefficient (Wildman–Crippen LogP) is 3.07. The number of amides is 1. The quantitative estimate of drug-likeness (QED) is 0.775. The number of carbonyl (C=O) groups excluding carboxylic acids is 1. The lowest BCUT2D eigenvalue weighted by atomic mass is 9.96. The van der Waals surface area contributed by atoms with Crippen LogP contribution >= 0.6 is 0 Å². The van der Waals surface area contributed by atoms with Crippen molar-refractivity contribution >= 4 is 11.6 Å². The summed E-state index contributed by atoms with van der Waals surface area (Å²) in [5.41, 5.74) is 0.794. The van der Waals surface area contributed by atoms with Crippen LogP contribution in [0.25, 0.3) is 0 Å². The van der Waals surface area contributed by atoms with Crippen LogP contribution in [0.3, 0.4) is 0 Å². The highest BCUT2D eigenvalue weighted by Crippen LogP contribution is 2.24. The van der Waals surface area contributed by atoms with Crippen LogP contribution in [0.1, 0.15) is 28.8 Å². The molecular formula is C21H24F3N3O3. The Hall–Kier alpha value is -2.97. The molecule has 6 nitrogen and oxygen atoms in total. The number of nitrogens with zero attached hydrogens (tertiary/aromatic N) is 2. The van der Waals surface area contributed by atoms with E-state index in [1.165, 1.54) is 11.3 Å². The third-order valence-corrected chi connectivity index (χ3v) is 5.27. The molecule has 1 aromatic heterocycles. The molecule has 0 unspecified atom stereocenters. The summed E-state index contributed by atoms with van der Waals surface area (Å²) in [5.74, 6) is -1.42. The summed E-state index contributed by atoms with van der Waals surface area (Å²) in [6.07, 6.45) is -2.00. The molecule has 1 fully saturated rings. The van der Waals surface area contributed by atoms with Gasteiger partial charge in [-0.3, -0.25) is 9.59 Å². The molecular weight excluding hydrogens is 399 g/mol. The Kier molecular flexibility index (Phi) is 6.38. The first-order valence-corrected chi connectivity index (χ1v) is 9.73. The van der Waals surface area contributed by atoms with E-state index in [1.54, 1.807) is 0 Å². The SMILES string of the molecule is Cc1cccc(N2CCC(CNC(=O)c3ccn(CC(F)(F)F)c(=O)c3O)CC2)c1. The van der Waals surface area contributed by atoms with E-state index >= 15 is 0 Å². The van der Waals surface area contributed by atoms with Crippen LogP contribution < -0.4 is 15.8 Å². The van der Waals surface area contributed by atoms with Crippen LogP contribution in [0.15, 0.2) is 41.3 Å². The zero-order chi connectivity index (χ0) is 21.9. The minimum Gasteiger partial charge on any atom is -0.502 e. The van der Waals surface area contributed by atoms with E-state index in [1.807, 2.05) is 19.1 Å². The molecule has 1 aromatic carbocycles. The third-order valence-electron chi connectivity index (χ3n) is 5.27. The Labute approximate surface area is 171 Å². The summed E-state index contributed by atoms with van der Waals surface area (Å²) in [4.78, 5) is 26.5. The molecule has 0 bridgehead atoms. The monoisotopic (exact) mass is 423 g/mol. The first-order chi connectivity index (χ1) is 14.1. The lowest BCUT2D eigenvalue weighted by molar-refractivity contribution is -0.141. The topological polar surface area (TPSA) is 74.6 Å². The number of aryl methyl sites for hydroxylation is 1. The summed E-state index contributed by atoms with van der Waals surface area (Å²) in [5, 5.41) is 12.6. The number of carbonyl (C=O) groups is 1. The Morgan fingerprint density at radius 2 is 1.93 bits per heavy atom. The van der Waals surface area contributed by atoms with Crippen LogP contribution in [-0.2, 0) is 6.54 Å². The number of aromatic hydroxyl groups is 1. The molecule has 1 aliphatic rings. The van der Waals surface area contributed by atoms with Gasteiger partial charge in [0.2, 0.25) is 0 Å². The van der Waals surface area contributed by atoms with Crippen LogP contribution in [0.5, 0.6) is 5.75 Å². The zero-order valence-corrected chi connectivity index (χ0v) is 16.6. The van der Waals surface area contributed by atoms with Gasteiger partial charge < -0.3 is 19.9 Å². The molecule has 2 aromatic rings. The first-order valence-electron chi connectivity index (χ1n) is 9.73. The average Bonchev–Trinajstić information content (AvgIpc) is 2.69. The summed E-state index contributed by atoms with van der Waals surface area (Å²) < 4.78 is 37.7. The van der Waals surface area contributed by atoms with E-state index in [9.17, 15) is 27.9 Å². The minimum absolute atomic E-state index is 0.239. The maximum absolute atomic E-state index is 12.5. The van der Waals surface area contributed by atoms with Gasteiger partial charge in [0, 0.05) is 31.5 Å². The summed E-state index contributed by atoms with van der Waals surface area (Å²) in [7, 11) is 0. The van der Waals surface area contributed by atoms with Crippen molar-refractivity contribution in [2.24, 2.45) is 5.92 Å². The molecule has 9 heteroatoms. The maximum Gasteiger partial charge on any atom is 0.406 e. The number of alkyl halides is 3. The number of nitrogens with one attached hydrogen (secondary N) is 1. The van der Waals surface area contributed by atoms with Gasteiger partial charge in [0.05, 0.1) is 5.56 Å². The number of piperidine rings is 1. The molecule has 1 amide bonds. The Morgan fingerprint density at radius 1 is 1.23 bits per heavy atom. The van der Waals surface area contributed by atoms with Gasteiger partial charge in [-0.25, -0.2) is 0 Å². The van der Waals surface area contributed by atoms with Crippen molar-refractivity contribution in [1.29, 1.82) is 0 Å². The van der Waals surface area contributed by atoms with E-state index in [0.717, 1.165) is 38.2 Å². The Morgan fingerprint density at radius 3 is 2.57 bits per heavy atom. The highest BCUT2D eigenvalue weighted by atomic mass is 19.4. The number of rotatable bonds is 5. The molecule has 1 aliphatic heterocycles. The summed E-state index contributed by atoms with van der Waals surface area (Å²) >= 11 is 0. The van der Waals surface area contributed by atoms with Crippen molar-refractivity contribution in [2.75, 3.05) is 24.5 Å².